The van der Waals surface area contributed by atoms with Crippen LogP contribution in [0.4, 0.5) is 0 Å². The molecule has 0 aliphatic heterocycles. The number of rotatable bonds is 4. The van der Waals surface area contributed by atoms with Gasteiger partial charge in [-0.2, -0.15) is 0 Å². The number of nitrogens with one attached hydrogen (secondary N) is 1. The van der Waals surface area contributed by atoms with Crippen molar-refractivity contribution in [2.24, 2.45) is 11.7 Å². The lowest BCUT2D eigenvalue weighted by Gasteiger charge is -2.21. The topological polar surface area (TPSA) is 50.9 Å². The third-order valence-corrected chi connectivity index (χ3v) is 3.45. The van der Waals surface area contributed by atoms with Crippen molar-refractivity contribution in [1.82, 2.24) is 10.3 Å². The molecule has 0 bridgehead atoms. The molecule has 1 aromatic rings. The first-order valence-electron chi connectivity index (χ1n) is 6.15. The summed E-state index contributed by atoms with van der Waals surface area (Å²) in [6, 6.07) is 4.94. The number of hydrogen-bond acceptors (Lipinski definition) is 3. The first kappa shape index (κ1) is 11.6. The average Bonchev–Trinajstić information content (AvgIpc) is 2.73. The molecule has 0 spiro atoms. The van der Waals surface area contributed by atoms with Crippen molar-refractivity contribution in [3.8, 4) is 0 Å². The van der Waals surface area contributed by atoms with Crippen LogP contribution in [0.2, 0.25) is 0 Å². The number of hydrogen-bond donors (Lipinski definition) is 2. The first-order chi connectivity index (χ1) is 7.79. The van der Waals surface area contributed by atoms with Crippen molar-refractivity contribution in [3.63, 3.8) is 0 Å². The van der Waals surface area contributed by atoms with E-state index in [-0.39, 0.29) is 6.04 Å². The molecular formula is C13H21N3. The van der Waals surface area contributed by atoms with Gasteiger partial charge in [0.1, 0.15) is 0 Å². The molecule has 1 aliphatic rings. The third-order valence-electron chi connectivity index (χ3n) is 3.45. The molecule has 0 saturated heterocycles. The highest BCUT2D eigenvalue weighted by Crippen LogP contribution is 2.26. The summed E-state index contributed by atoms with van der Waals surface area (Å²) in [6.07, 6.45) is 7.59. The van der Waals surface area contributed by atoms with Crippen molar-refractivity contribution < 1.29 is 0 Å². The number of aromatic nitrogens is 1. The monoisotopic (exact) mass is 219 g/mol. The summed E-state index contributed by atoms with van der Waals surface area (Å²) < 4.78 is 0. The van der Waals surface area contributed by atoms with Crippen molar-refractivity contribution in [3.05, 3.63) is 30.1 Å². The van der Waals surface area contributed by atoms with Gasteiger partial charge in [0.05, 0.1) is 0 Å². The van der Waals surface area contributed by atoms with E-state index in [9.17, 15) is 0 Å². The second kappa shape index (κ2) is 5.41. The molecule has 3 atom stereocenters. The van der Waals surface area contributed by atoms with E-state index in [0.29, 0.717) is 12.6 Å². The number of nitrogens with two attached hydrogens (primary N) is 1. The van der Waals surface area contributed by atoms with E-state index < -0.39 is 0 Å². The molecule has 3 N–H and O–H groups in total. The molecule has 1 aromatic heterocycles. The Balaban J connectivity index is 1.96. The molecule has 2 rings (SSSR count). The predicted octanol–water partition coefficient (Wildman–Crippen LogP) is 1.86. The van der Waals surface area contributed by atoms with Crippen molar-refractivity contribution in [1.29, 1.82) is 0 Å². The summed E-state index contributed by atoms with van der Waals surface area (Å²) in [6.45, 7) is 2.96. The maximum absolute atomic E-state index is 5.83. The van der Waals surface area contributed by atoms with Gasteiger partial charge in [-0.15, -0.1) is 0 Å². The minimum atomic E-state index is 0.254. The van der Waals surface area contributed by atoms with Crippen LogP contribution >= 0.6 is 0 Å². The maximum atomic E-state index is 5.83. The average molecular weight is 219 g/mol. The smallest absolute Gasteiger partial charge is 0.0462 e. The Kier molecular flexibility index (Phi) is 3.91. The maximum Gasteiger partial charge on any atom is 0.0462 e. The SMILES string of the molecule is CC1CCC(NC(CN)c2cccnc2)C1. The molecule has 1 fully saturated rings. The van der Waals surface area contributed by atoms with Crippen LogP contribution in [0.3, 0.4) is 0 Å². The summed E-state index contributed by atoms with van der Waals surface area (Å²) >= 11 is 0. The Morgan fingerprint density at radius 2 is 2.44 bits per heavy atom. The molecule has 0 amide bonds. The van der Waals surface area contributed by atoms with E-state index in [4.69, 9.17) is 5.73 Å². The van der Waals surface area contributed by atoms with Crippen LogP contribution in [-0.2, 0) is 0 Å². The van der Waals surface area contributed by atoms with Gasteiger partial charge in [0.25, 0.3) is 0 Å². The van der Waals surface area contributed by atoms with Gasteiger partial charge in [0.2, 0.25) is 0 Å². The Labute approximate surface area is 97.5 Å². The normalized spacial score (nSPS) is 26.9. The Bertz CT molecular complexity index is 312. The molecule has 1 aliphatic carbocycles. The molecule has 0 radical (unpaired) electrons. The minimum absolute atomic E-state index is 0.254. The standard InChI is InChI=1S/C13H21N3/c1-10-4-5-12(7-10)16-13(8-14)11-3-2-6-15-9-11/h2-3,6,9-10,12-13,16H,4-5,7-8,14H2,1H3. The lowest BCUT2D eigenvalue weighted by atomic mass is 10.1. The van der Waals surface area contributed by atoms with Crippen LogP contribution in [0, 0.1) is 5.92 Å². The van der Waals surface area contributed by atoms with E-state index in [1.807, 2.05) is 12.3 Å². The highest BCUT2D eigenvalue weighted by molar-refractivity contribution is 5.14. The fraction of sp³-hybridized carbons (Fsp3) is 0.615. The van der Waals surface area contributed by atoms with Gasteiger partial charge in [0.15, 0.2) is 0 Å². The van der Waals surface area contributed by atoms with Crippen LogP contribution in [-0.4, -0.2) is 17.6 Å². The molecule has 1 saturated carbocycles. The highest BCUT2D eigenvalue weighted by atomic mass is 15.0. The zero-order valence-electron chi connectivity index (χ0n) is 9.89. The van der Waals surface area contributed by atoms with Crippen LogP contribution in [0.15, 0.2) is 24.5 Å². The Morgan fingerprint density at radius 3 is 3.00 bits per heavy atom. The number of nitrogens with zero attached hydrogens (tertiary/aromatic N) is 1. The number of pyridine rings is 1. The summed E-state index contributed by atoms with van der Waals surface area (Å²) in [4.78, 5) is 4.15. The van der Waals surface area contributed by atoms with E-state index in [1.54, 1.807) is 6.20 Å². The summed E-state index contributed by atoms with van der Waals surface area (Å²) in [5.41, 5.74) is 7.03. The largest absolute Gasteiger partial charge is 0.329 e. The summed E-state index contributed by atoms with van der Waals surface area (Å²) in [5.74, 6) is 0.852. The van der Waals surface area contributed by atoms with Crippen molar-refractivity contribution in [2.75, 3.05) is 6.54 Å². The van der Waals surface area contributed by atoms with Gasteiger partial charge in [0, 0.05) is 31.0 Å². The van der Waals surface area contributed by atoms with Gasteiger partial charge < -0.3 is 11.1 Å². The molecular weight excluding hydrogens is 198 g/mol. The second-order valence-corrected chi connectivity index (χ2v) is 4.86. The molecule has 3 unspecified atom stereocenters. The fourth-order valence-corrected chi connectivity index (χ4v) is 2.53. The van der Waals surface area contributed by atoms with Crippen LogP contribution in [0.25, 0.3) is 0 Å². The Hall–Kier alpha value is -0.930. The quantitative estimate of drug-likeness (QED) is 0.812. The predicted molar refractivity (Wildman–Crippen MR) is 66.0 cm³/mol. The van der Waals surface area contributed by atoms with E-state index in [0.717, 1.165) is 5.92 Å². The lowest BCUT2D eigenvalue weighted by Crippen LogP contribution is -2.35. The van der Waals surface area contributed by atoms with Gasteiger partial charge >= 0.3 is 0 Å². The first-order valence-corrected chi connectivity index (χ1v) is 6.15. The Morgan fingerprint density at radius 1 is 1.56 bits per heavy atom. The van der Waals surface area contributed by atoms with E-state index in [2.05, 4.69) is 23.3 Å². The minimum Gasteiger partial charge on any atom is -0.329 e. The molecule has 16 heavy (non-hydrogen) atoms. The summed E-state index contributed by atoms with van der Waals surface area (Å²) in [5, 5.41) is 3.65. The van der Waals surface area contributed by atoms with E-state index >= 15 is 0 Å². The van der Waals surface area contributed by atoms with Crippen LogP contribution in [0.5, 0.6) is 0 Å². The molecule has 3 heteroatoms. The molecule has 1 heterocycles. The zero-order valence-corrected chi connectivity index (χ0v) is 9.89. The van der Waals surface area contributed by atoms with Gasteiger partial charge in [-0.05, 0) is 36.8 Å². The third kappa shape index (κ3) is 2.80. The van der Waals surface area contributed by atoms with E-state index in [1.165, 1.54) is 24.8 Å². The van der Waals surface area contributed by atoms with Gasteiger partial charge in [-0.3, -0.25) is 4.98 Å². The molecule has 88 valence electrons. The summed E-state index contributed by atoms with van der Waals surface area (Å²) in [7, 11) is 0. The van der Waals surface area contributed by atoms with Gasteiger partial charge in [-0.1, -0.05) is 13.0 Å². The van der Waals surface area contributed by atoms with Crippen LogP contribution < -0.4 is 11.1 Å². The highest BCUT2D eigenvalue weighted by Gasteiger charge is 2.23. The van der Waals surface area contributed by atoms with Crippen molar-refractivity contribution >= 4 is 0 Å². The van der Waals surface area contributed by atoms with Crippen LogP contribution in [0.1, 0.15) is 37.8 Å². The lowest BCUT2D eigenvalue weighted by molar-refractivity contribution is 0.433. The molecule has 0 aromatic carbocycles. The second-order valence-electron chi connectivity index (χ2n) is 4.86. The fourth-order valence-electron chi connectivity index (χ4n) is 2.53. The molecule has 3 nitrogen and oxygen atoms in total. The zero-order chi connectivity index (χ0) is 11.4. The van der Waals surface area contributed by atoms with Crippen molar-refractivity contribution in [2.45, 2.75) is 38.3 Å². The van der Waals surface area contributed by atoms with Gasteiger partial charge in [-0.25, -0.2) is 0 Å².